The van der Waals surface area contributed by atoms with E-state index in [0.29, 0.717) is 22.9 Å². The second-order valence-corrected chi connectivity index (χ2v) is 11.4. The number of nitrogens with zero attached hydrogens (tertiary/aromatic N) is 6. The molecule has 40 heavy (non-hydrogen) atoms. The Balaban J connectivity index is 0.00000370. The van der Waals surface area contributed by atoms with Gasteiger partial charge >= 0.3 is 5.97 Å². The van der Waals surface area contributed by atoms with Gasteiger partial charge in [0.05, 0.1) is 11.2 Å². The highest BCUT2D eigenvalue weighted by Crippen LogP contribution is 2.42. The number of carboxylic acids is 1. The highest BCUT2D eigenvalue weighted by atomic mass is 35.5. The molecule has 0 aromatic carbocycles. The zero-order valence-corrected chi connectivity index (χ0v) is 24.2. The lowest BCUT2D eigenvalue weighted by Gasteiger charge is -2.49. The van der Waals surface area contributed by atoms with Gasteiger partial charge < -0.3 is 26.1 Å². The molecule has 0 spiro atoms. The lowest BCUT2D eigenvalue weighted by molar-refractivity contribution is -0.150. The number of nitrogens with one attached hydrogen (secondary N) is 2. The number of thioether (sulfide) groups is 2. The predicted molar refractivity (Wildman–Crippen MR) is 153 cm³/mol. The monoisotopic (exact) mass is 629 g/mol. The molecule has 1 unspecified atom stereocenters. The number of nitrogen functional groups attached to an aromatic ring is 1. The van der Waals surface area contributed by atoms with Gasteiger partial charge in [0.15, 0.2) is 16.7 Å². The lowest BCUT2D eigenvalue weighted by Crippen LogP contribution is -2.71. The summed E-state index contributed by atoms with van der Waals surface area (Å²) in [5, 5.41) is 30.9. The number of hydrazine groups is 2. The quantitative estimate of drug-likeness (QED) is 0.140. The molecule has 19 heteroatoms. The van der Waals surface area contributed by atoms with Gasteiger partial charge in [-0.3, -0.25) is 19.5 Å². The van der Waals surface area contributed by atoms with E-state index in [1.807, 2.05) is 13.0 Å². The molecule has 4 aliphatic rings. The number of aliphatic carboxylic acids is 1. The molecule has 214 valence electrons. The molecule has 4 aliphatic heterocycles. The normalized spacial score (nSPS) is 22.0. The number of hydrogen-bond acceptors (Lipinski definition) is 15. The maximum absolute atomic E-state index is 13.1. The Labute approximate surface area is 246 Å². The van der Waals surface area contributed by atoms with Crippen molar-refractivity contribution in [2.24, 2.45) is 10.1 Å². The van der Waals surface area contributed by atoms with E-state index in [1.54, 1.807) is 16.6 Å². The molecule has 1 saturated heterocycles. The second-order valence-electron chi connectivity index (χ2n) is 8.37. The van der Waals surface area contributed by atoms with E-state index in [0.717, 1.165) is 22.1 Å². The van der Waals surface area contributed by atoms with Crippen molar-refractivity contribution in [1.29, 1.82) is 0 Å². The number of aliphatic imine (C=N–C) groups is 1. The summed E-state index contributed by atoms with van der Waals surface area (Å²) >= 11 is 3.85. The van der Waals surface area contributed by atoms with Gasteiger partial charge in [-0.25, -0.2) is 19.8 Å². The Morgan fingerprint density at radius 2 is 2.20 bits per heavy atom. The SMILES string of the molecule is CO/N=C(\C(=O)NC1C(=O)N2C(C(=O)O)=C(CSC3=CC(C)=NC4=CN(CO)NN43)CS[C@H]12)c1csc(N)n1.Cl. The fourth-order valence-corrected chi connectivity index (χ4v) is 7.24. The summed E-state index contributed by atoms with van der Waals surface area (Å²) < 4.78 is 0. The molecule has 1 aromatic heterocycles. The molecule has 0 bridgehead atoms. The first-order valence-electron chi connectivity index (χ1n) is 11.3. The van der Waals surface area contributed by atoms with E-state index in [9.17, 15) is 24.6 Å². The molecule has 2 atom stereocenters. The number of aromatic nitrogens is 1. The Bertz CT molecular complexity index is 1390. The lowest BCUT2D eigenvalue weighted by atomic mass is 10.0. The number of β-lactam (4-membered cyclic amide) rings is 1. The number of amides is 2. The van der Waals surface area contributed by atoms with Crippen molar-refractivity contribution in [1.82, 2.24) is 30.8 Å². The summed E-state index contributed by atoms with van der Waals surface area (Å²) in [6.07, 6.45) is 3.49. The van der Waals surface area contributed by atoms with Crippen LogP contribution < -0.4 is 16.6 Å². The summed E-state index contributed by atoms with van der Waals surface area (Å²) in [6.45, 7) is 1.58. The van der Waals surface area contributed by atoms with E-state index in [1.165, 1.54) is 40.5 Å². The average Bonchev–Trinajstić information content (AvgIpc) is 3.53. The molecule has 6 N–H and O–H groups in total. The molecule has 0 radical (unpaired) electrons. The fourth-order valence-electron chi connectivity index (χ4n) is 4.14. The molecular weight excluding hydrogens is 606 g/mol. The van der Waals surface area contributed by atoms with Crippen LogP contribution in [0, 0.1) is 0 Å². The molecule has 1 aromatic rings. The van der Waals surface area contributed by atoms with Gasteiger partial charge in [-0.1, -0.05) is 5.16 Å². The van der Waals surface area contributed by atoms with Crippen LogP contribution in [0.15, 0.2) is 49.9 Å². The van der Waals surface area contributed by atoms with Gasteiger partial charge in [0, 0.05) is 22.6 Å². The maximum Gasteiger partial charge on any atom is 0.352 e. The van der Waals surface area contributed by atoms with Crippen LogP contribution in [0.5, 0.6) is 0 Å². The largest absolute Gasteiger partial charge is 0.477 e. The number of allylic oxidation sites excluding steroid dienone is 1. The maximum atomic E-state index is 13.1. The van der Waals surface area contributed by atoms with E-state index < -0.39 is 29.2 Å². The number of rotatable bonds is 9. The molecule has 15 nitrogen and oxygen atoms in total. The van der Waals surface area contributed by atoms with E-state index in [2.05, 4.69) is 26.0 Å². The molecule has 2 amide bonds. The van der Waals surface area contributed by atoms with E-state index in [-0.39, 0.29) is 41.4 Å². The van der Waals surface area contributed by atoms with Crippen LogP contribution in [0.25, 0.3) is 0 Å². The van der Waals surface area contributed by atoms with Crippen LogP contribution in [-0.2, 0) is 19.2 Å². The minimum Gasteiger partial charge on any atom is -0.477 e. The molecular formula is C21H24ClN9O6S3. The van der Waals surface area contributed by atoms with Crippen LogP contribution in [0.4, 0.5) is 5.13 Å². The topological polar surface area (TPSA) is 198 Å². The second kappa shape index (κ2) is 12.1. The van der Waals surface area contributed by atoms with E-state index >= 15 is 0 Å². The highest BCUT2D eigenvalue weighted by molar-refractivity contribution is 8.03. The smallest absolute Gasteiger partial charge is 0.352 e. The van der Waals surface area contributed by atoms with Crippen molar-refractivity contribution in [3.05, 3.63) is 45.5 Å². The standard InChI is InChI=1S/C21H23N9O6S3.ClH/c1-9-3-13(30-12(23-9)4-28(8-31)27-30)37-5-10-6-38-19-15(18(33)29(19)16(10)20(34)35)25-17(32)14(26-36-2)11-7-39-21(22)24-11;/h3-4,7,15,19,27,31H,5-6,8H2,1-2H3,(H2,22,24)(H,25,32)(H,34,35);1H/b26-14-;/t15?,19-;/m1./s1. The molecule has 0 aliphatic carbocycles. The number of halogens is 1. The van der Waals surface area contributed by atoms with Gasteiger partial charge in [-0.15, -0.1) is 52.8 Å². The predicted octanol–water partition coefficient (Wildman–Crippen LogP) is 0.0712. The van der Waals surface area contributed by atoms with Crippen molar-refractivity contribution in [2.45, 2.75) is 18.3 Å². The first kappa shape index (κ1) is 29.7. The number of aliphatic hydroxyl groups is 1. The number of fused-ring (bicyclic) bond motifs is 2. The van der Waals surface area contributed by atoms with Crippen molar-refractivity contribution in [3.63, 3.8) is 0 Å². The van der Waals surface area contributed by atoms with Gasteiger partial charge in [-0.05, 0) is 18.6 Å². The summed E-state index contributed by atoms with van der Waals surface area (Å²) in [5.41, 5.74) is 9.91. The third-order valence-corrected chi connectivity index (χ3v) is 8.92. The van der Waals surface area contributed by atoms with Crippen LogP contribution >= 0.6 is 47.3 Å². The third-order valence-electron chi connectivity index (χ3n) is 5.82. The highest BCUT2D eigenvalue weighted by Gasteiger charge is 2.54. The van der Waals surface area contributed by atoms with Crippen LogP contribution in [-0.4, -0.2) is 96.1 Å². The number of carbonyl (C=O) groups is 3. The number of oxime groups is 1. The summed E-state index contributed by atoms with van der Waals surface area (Å²) in [5.74, 6) is -1.23. The Kier molecular flexibility index (Phi) is 8.96. The number of aliphatic hydroxyl groups excluding tert-OH is 1. The number of hydrogen-bond donors (Lipinski definition) is 5. The van der Waals surface area contributed by atoms with E-state index in [4.69, 9.17) is 10.6 Å². The molecule has 0 saturated carbocycles. The van der Waals surface area contributed by atoms with Crippen molar-refractivity contribution >= 4 is 81.6 Å². The number of nitrogens with two attached hydrogens (primary N) is 1. The zero-order chi connectivity index (χ0) is 27.8. The number of carbonyl (C=O) groups excluding carboxylic acids is 2. The van der Waals surface area contributed by atoms with Gasteiger partial charge in [0.1, 0.15) is 36.6 Å². The first-order chi connectivity index (χ1) is 18.7. The van der Waals surface area contributed by atoms with Gasteiger partial charge in [0.2, 0.25) is 0 Å². The number of anilines is 1. The average molecular weight is 630 g/mol. The van der Waals surface area contributed by atoms with Crippen LogP contribution in [0.1, 0.15) is 12.6 Å². The number of carboxylic acid groups (broad SMARTS) is 1. The Morgan fingerprint density at radius 1 is 1.43 bits per heavy atom. The molecule has 1 fully saturated rings. The fraction of sp³-hybridized carbons (Fsp3) is 0.333. The third kappa shape index (κ3) is 5.50. The van der Waals surface area contributed by atoms with Crippen LogP contribution in [0.2, 0.25) is 0 Å². The minimum atomic E-state index is -1.23. The first-order valence-corrected chi connectivity index (χ1v) is 14.2. The van der Waals surface area contributed by atoms with Crippen molar-refractivity contribution < 1.29 is 29.4 Å². The van der Waals surface area contributed by atoms with Gasteiger partial charge in [-0.2, -0.15) is 0 Å². The molecule has 5 rings (SSSR count). The minimum absolute atomic E-state index is 0. The zero-order valence-electron chi connectivity index (χ0n) is 20.9. The summed E-state index contributed by atoms with van der Waals surface area (Å²) in [7, 11) is 1.27. The number of thiazole rings is 1. The van der Waals surface area contributed by atoms with Crippen molar-refractivity contribution in [2.75, 3.05) is 31.1 Å². The summed E-state index contributed by atoms with van der Waals surface area (Å²) in [6, 6.07) is -0.949. The summed E-state index contributed by atoms with van der Waals surface area (Å²) in [4.78, 5) is 52.7. The van der Waals surface area contributed by atoms with Crippen LogP contribution in [0.3, 0.4) is 0 Å². The van der Waals surface area contributed by atoms with Gasteiger partial charge in [0.25, 0.3) is 11.8 Å². The van der Waals surface area contributed by atoms with Crippen molar-refractivity contribution in [3.8, 4) is 0 Å². The Hall–Kier alpha value is -3.29. The molecule has 5 heterocycles. The Morgan fingerprint density at radius 3 is 2.85 bits per heavy atom.